The highest BCUT2D eigenvalue weighted by atomic mass is 19.4. The fraction of sp³-hybridized carbons (Fsp3) is 0.211. The van der Waals surface area contributed by atoms with Crippen molar-refractivity contribution in [2.24, 2.45) is 7.05 Å². The second-order valence-electron chi connectivity index (χ2n) is 6.37. The highest BCUT2D eigenvalue weighted by molar-refractivity contribution is 6.00. The van der Waals surface area contributed by atoms with Crippen molar-refractivity contribution in [3.8, 4) is 0 Å². The van der Waals surface area contributed by atoms with Gasteiger partial charge in [0.2, 0.25) is 0 Å². The number of anilines is 4. The second-order valence-corrected chi connectivity index (χ2v) is 6.37. The molecule has 1 amide bonds. The molecule has 1 aromatic carbocycles. The van der Waals surface area contributed by atoms with Gasteiger partial charge in [0.05, 0.1) is 29.2 Å². The van der Waals surface area contributed by atoms with Gasteiger partial charge in [-0.25, -0.2) is 9.37 Å². The monoisotopic (exact) mass is 438 g/mol. The topological polar surface area (TPSA) is 104 Å². The number of pyridine rings is 1. The third kappa shape index (κ3) is 4.58. The van der Waals surface area contributed by atoms with Crippen molar-refractivity contribution >= 4 is 28.9 Å². The maximum atomic E-state index is 14.4. The van der Waals surface area contributed by atoms with E-state index < -0.39 is 47.3 Å². The van der Waals surface area contributed by atoms with Crippen LogP contribution in [0, 0.1) is 5.82 Å². The van der Waals surface area contributed by atoms with Crippen LogP contribution in [0.5, 0.6) is 0 Å². The second kappa shape index (κ2) is 8.60. The van der Waals surface area contributed by atoms with Gasteiger partial charge in [-0.3, -0.25) is 9.48 Å². The van der Waals surface area contributed by atoms with Gasteiger partial charge in [-0.15, -0.1) is 0 Å². The molecule has 0 atom stereocenters. The number of alkyl halides is 3. The van der Waals surface area contributed by atoms with Crippen molar-refractivity contribution < 1.29 is 27.5 Å². The van der Waals surface area contributed by atoms with E-state index in [1.54, 1.807) is 0 Å². The molecule has 4 N–H and O–H groups in total. The third-order valence-corrected chi connectivity index (χ3v) is 4.32. The Balaban J connectivity index is 2.10. The average molecular weight is 438 g/mol. The largest absolute Gasteiger partial charge is 0.421 e. The maximum Gasteiger partial charge on any atom is 0.421 e. The van der Waals surface area contributed by atoms with Crippen LogP contribution in [-0.4, -0.2) is 32.8 Å². The number of nitrogens with zero attached hydrogens (tertiary/aromatic N) is 3. The minimum Gasteiger partial charge on any atom is -0.390 e. The van der Waals surface area contributed by atoms with Crippen LogP contribution >= 0.6 is 0 Å². The number of carbonyl (C=O) groups is 1. The molecule has 0 aliphatic carbocycles. The first-order valence-electron chi connectivity index (χ1n) is 8.90. The number of nitrogens with one attached hydrogen (secondary N) is 3. The summed E-state index contributed by atoms with van der Waals surface area (Å²) in [5, 5.41) is 20.4. The number of hydrogen-bond donors (Lipinski definition) is 4. The molecular weight excluding hydrogens is 420 g/mol. The summed E-state index contributed by atoms with van der Waals surface area (Å²) < 4.78 is 57.5. The van der Waals surface area contributed by atoms with E-state index >= 15 is 0 Å². The first-order chi connectivity index (χ1) is 14.7. The number of amides is 1. The van der Waals surface area contributed by atoms with Crippen molar-refractivity contribution in [1.82, 2.24) is 20.1 Å². The number of para-hydroxylation sites is 1. The first kappa shape index (κ1) is 22.0. The minimum atomic E-state index is -4.88. The van der Waals surface area contributed by atoms with Gasteiger partial charge in [0.25, 0.3) is 5.91 Å². The van der Waals surface area contributed by atoms with Crippen LogP contribution < -0.4 is 16.0 Å². The van der Waals surface area contributed by atoms with E-state index in [1.807, 2.05) is 0 Å². The van der Waals surface area contributed by atoms with Gasteiger partial charge in [-0.1, -0.05) is 6.07 Å². The Kier molecular flexibility index (Phi) is 6.11. The molecule has 0 aliphatic heterocycles. The van der Waals surface area contributed by atoms with Crippen LogP contribution in [0.1, 0.15) is 21.6 Å². The van der Waals surface area contributed by atoms with Crippen LogP contribution in [0.15, 0.2) is 36.5 Å². The molecule has 31 heavy (non-hydrogen) atoms. The standard InChI is InChI=1S/C19H18F4N6O2/c1-24-18(31)11-4-3-5-12(20)16(11)26-13-6-7-25-17(15(13)19(21,22)23)27-14-8-10(9-30)28-29(14)2/h3-8,30H,9H2,1-2H3,(H,24,31)(H2,25,26,27). The summed E-state index contributed by atoms with van der Waals surface area (Å²) in [6.07, 6.45) is -3.78. The molecule has 2 aromatic heterocycles. The summed E-state index contributed by atoms with van der Waals surface area (Å²) >= 11 is 0. The Hall–Kier alpha value is -3.67. The molecule has 0 radical (unpaired) electrons. The number of aryl methyl sites for hydroxylation is 1. The van der Waals surface area contributed by atoms with Gasteiger partial charge in [-0.2, -0.15) is 18.3 Å². The molecule has 0 spiro atoms. The smallest absolute Gasteiger partial charge is 0.390 e. The van der Waals surface area contributed by atoms with Gasteiger partial charge < -0.3 is 21.1 Å². The van der Waals surface area contributed by atoms with E-state index in [0.29, 0.717) is 0 Å². The molecule has 8 nitrogen and oxygen atoms in total. The number of hydrogen-bond acceptors (Lipinski definition) is 6. The van der Waals surface area contributed by atoms with Crippen LogP contribution in [-0.2, 0) is 19.8 Å². The molecule has 0 unspecified atom stereocenters. The van der Waals surface area contributed by atoms with Crippen molar-refractivity contribution in [2.75, 3.05) is 17.7 Å². The molecule has 2 heterocycles. The number of carbonyl (C=O) groups excluding carboxylic acids is 1. The van der Waals surface area contributed by atoms with E-state index in [-0.39, 0.29) is 17.1 Å². The minimum absolute atomic E-state index is 0.149. The number of rotatable bonds is 6. The summed E-state index contributed by atoms with van der Waals surface area (Å²) in [4.78, 5) is 15.8. The highest BCUT2D eigenvalue weighted by Crippen LogP contribution is 2.41. The lowest BCUT2D eigenvalue weighted by molar-refractivity contribution is -0.136. The van der Waals surface area contributed by atoms with E-state index in [0.717, 1.165) is 18.3 Å². The predicted octanol–water partition coefficient (Wildman–Crippen LogP) is 3.31. The van der Waals surface area contributed by atoms with Gasteiger partial charge >= 0.3 is 6.18 Å². The third-order valence-electron chi connectivity index (χ3n) is 4.32. The fourth-order valence-electron chi connectivity index (χ4n) is 2.90. The number of aliphatic hydroxyl groups is 1. The summed E-state index contributed by atoms with van der Waals surface area (Å²) in [6, 6.07) is 5.97. The highest BCUT2D eigenvalue weighted by Gasteiger charge is 2.38. The van der Waals surface area contributed by atoms with Crippen molar-refractivity contribution in [1.29, 1.82) is 0 Å². The molecule has 0 fully saturated rings. The number of benzene rings is 1. The Morgan fingerprint density at radius 3 is 2.58 bits per heavy atom. The zero-order chi connectivity index (χ0) is 22.8. The Morgan fingerprint density at radius 1 is 1.23 bits per heavy atom. The quantitative estimate of drug-likeness (QED) is 0.441. The number of halogens is 4. The predicted molar refractivity (Wildman–Crippen MR) is 105 cm³/mol. The van der Waals surface area contributed by atoms with E-state index in [2.05, 4.69) is 26.0 Å². The summed E-state index contributed by atoms with van der Waals surface area (Å²) in [6.45, 7) is -0.397. The molecular formula is C19H18F4N6O2. The van der Waals surface area contributed by atoms with Gasteiger partial charge in [0, 0.05) is 26.4 Å². The molecule has 0 saturated heterocycles. The van der Waals surface area contributed by atoms with E-state index in [4.69, 9.17) is 0 Å². The summed E-state index contributed by atoms with van der Waals surface area (Å²) in [5.41, 5.74) is -2.04. The van der Waals surface area contributed by atoms with E-state index in [9.17, 15) is 27.5 Å². The molecule has 3 rings (SSSR count). The van der Waals surface area contributed by atoms with Crippen LogP contribution in [0.2, 0.25) is 0 Å². The zero-order valence-electron chi connectivity index (χ0n) is 16.4. The maximum absolute atomic E-state index is 14.4. The molecule has 3 aromatic rings. The molecule has 0 aliphatic rings. The summed E-state index contributed by atoms with van der Waals surface area (Å²) in [5.74, 6) is -1.99. The van der Waals surface area contributed by atoms with Crippen molar-refractivity contribution in [2.45, 2.75) is 12.8 Å². The number of aromatic nitrogens is 3. The lowest BCUT2D eigenvalue weighted by Gasteiger charge is -2.19. The van der Waals surface area contributed by atoms with Crippen LogP contribution in [0.4, 0.5) is 40.6 Å². The molecule has 12 heteroatoms. The van der Waals surface area contributed by atoms with Crippen molar-refractivity contribution in [3.05, 3.63) is 59.2 Å². The SMILES string of the molecule is CNC(=O)c1cccc(F)c1Nc1ccnc(Nc2cc(CO)nn2C)c1C(F)(F)F. The molecule has 164 valence electrons. The Labute approximate surface area is 173 Å². The van der Waals surface area contributed by atoms with Crippen LogP contribution in [0.25, 0.3) is 0 Å². The Morgan fingerprint density at radius 2 is 1.97 bits per heavy atom. The lowest BCUT2D eigenvalue weighted by atomic mass is 10.1. The van der Waals surface area contributed by atoms with Crippen molar-refractivity contribution in [3.63, 3.8) is 0 Å². The first-order valence-corrected chi connectivity index (χ1v) is 8.90. The normalized spacial score (nSPS) is 11.3. The fourth-order valence-corrected chi connectivity index (χ4v) is 2.90. The molecule has 0 bridgehead atoms. The van der Waals surface area contributed by atoms with E-state index in [1.165, 1.54) is 37.0 Å². The average Bonchev–Trinajstić information content (AvgIpc) is 3.07. The summed E-state index contributed by atoms with van der Waals surface area (Å²) in [7, 11) is 2.80. The van der Waals surface area contributed by atoms with Gasteiger partial charge in [0.1, 0.15) is 23.0 Å². The molecule has 0 saturated carbocycles. The van der Waals surface area contributed by atoms with Gasteiger partial charge in [0.15, 0.2) is 0 Å². The number of aliphatic hydroxyl groups excluding tert-OH is 1. The zero-order valence-corrected chi connectivity index (χ0v) is 16.4. The Bertz CT molecular complexity index is 1110. The van der Waals surface area contributed by atoms with Crippen LogP contribution in [0.3, 0.4) is 0 Å². The van der Waals surface area contributed by atoms with Gasteiger partial charge in [-0.05, 0) is 18.2 Å². The lowest BCUT2D eigenvalue weighted by Crippen LogP contribution is -2.20.